The van der Waals surface area contributed by atoms with Crippen molar-refractivity contribution in [1.29, 1.82) is 0 Å². The molecule has 192 valence electrons. The van der Waals surface area contributed by atoms with Crippen LogP contribution in [0.4, 0.5) is 20.6 Å². The number of ether oxygens (including phenoxy) is 2. The van der Waals surface area contributed by atoms with Crippen molar-refractivity contribution in [2.45, 2.75) is 6.54 Å². The number of hydrogen-bond donors (Lipinski definition) is 2. The van der Waals surface area contributed by atoms with E-state index in [0.29, 0.717) is 40.7 Å². The van der Waals surface area contributed by atoms with E-state index in [1.165, 1.54) is 19.2 Å². The number of benzene rings is 3. The smallest absolute Gasteiger partial charge is 0.323 e. The van der Waals surface area contributed by atoms with Crippen molar-refractivity contribution in [2.75, 3.05) is 24.9 Å². The van der Waals surface area contributed by atoms with Crippen LogP contribution < -0.4 is 20.1 Å². The van der Waals surface area contributed by atoms with Crippen LogP contribution in [0.15, 0.2) is 83.8 Å². The number of nitrogens with zero attached hydrogens (tertiary/aromatic N) is 4. The Hall–Kier alpha value is -5.19. The highest BCUT2D eigenvalue weighted by Gasteiger charge is 2.14. The lowest BCUT2D eigenvalue weighted by atomic mass is 10.2. The molecule has 0 radical (unpaired) electrons. The first kappa shape index (κ1) is 24.5. The molecule has 3 aromatic carbocycles. The number of amides is 2. The molecule has 0 fully saturated rings. The normalized spacial score (nSPS) is 10.7. The summed E-state index contributed by atoms with van der Waals surface area (Å²) in [6.45, 7) is 0.538. The molecule has 0 atom stereocenters. The molecule has 0 aliphatic heterocycles. The zero-order valence-corrected chi connectivity index (χ0v) is 20.5. The van der Waals surface area contributed by atoms with Crippen LogP contribution in [-0.4, -0.2) is 39.9 Å². The number of urea groups is 1. The largest absolute Gasteiger partial charge is 0.493 e. The van der Waals surface area contributed by atoms with Crippen LogP contribution in [0.25, 0.3) is 23.0 Å². The van der Waals surface area contributed by atoms with Crippen molar-refractivity contribution in [2.24, 2.45) is 0 Å². The lowest BCUT2D eigenvalue weighted by Crippen LogP contribution is -2.19. The first-order valence-corrected chi connectivity index (χ1v) is 11.5. The van der Waals surface area contributed by atoms with Crippen molar-refractivity contribution < 1.29 is 23.2 Å². The van der Waals surface area contributed by atoms with Crippen molar-refractivity contribution >= 4 is 17.4 Å². The van der Waals surface area contributed by atoms with E-state index in [1.54, 1.807) is 50.0 Å². The molecule has 5 rings (SSSR count). The summed E-state index contributed by atoms with van der Waals surface area (Å²) in [5, 5.41) is 9.49. The van der Waals surface area contributed by atoms with Gasteiger partial charge in [0.25, 0.3) is 5.89 Å². The predicted octanol–water partition coefficient (Wildman–Crippen LogP) is 5.45. The molecule has 2 amide bonds. The summed E-state index contributed by atoms with van der Waals surface area (Å²) in [4.78, 5) is 21.1. The van der Waals surface area contributed by atoms with Crippen molar-refractivity contribution in [3.05, 3.63) is 90.6 Å². The molecule has 0 aliphatic carbocycles. The number of anilines is 2. The average molecular weight is 515 g/mol. The molecular weight excluding hydrogens is 491 g/mol. The zero-order valence-electron chi connectivity index (χ0n) is 20.5. The van der Waals surface area contributed by atoms with Crippen molar-refractivity contribution in [3.63, 3.8) is 0 Å². The Kier molecular flexibility index (Phi) is 6.98. The van der Waals surface area contributed by atoms with Gasteiger partial charge in [-0.1, -0.05) is 29.4 Å². The molecular formula is C27H23FN6O4. The van der Waals surface area contributed by atoms with Crippen LogP contribution in [0.3, 0.4) is 0 Å². The van der Waals surface area contributed by atoms with E-state index in [1.807, 2.05) is 28.8 Å². The fourth-order valence-corrected chi connectivity index (χ4v) is 3.74. The topological polar surface area (TPSA) is 116 Å². The van der Waals surface area contributed by atoms with Crippen LogP contribution >= 0.6 is 0 Å². The van der Waals surface area contributed by atoms with Gasteiger partial charge in [-0.05, 0) is 42.0 Å². The van der Waals surface area contributed by atoms with Gasteiger partial charge in [0.2, 0.25) is 5.82 Å². The van der Waals surface area contributed by atoms with Crippen LogP contribution in [0.5, 0.6) is 11.5 Å². The molecule has 0 saturated heterocycles. The molecule has 2 aromatic heterocycles. The molecule has 5 aromatic rings. The number of methoxy groups -OCH3 is 2. The SMILES string of the molecule is COc1ccc(NC(=O)Nc2ccc(Cn3cnc(-c4nc(-c5cccc(F)c5)no4)c3)cc2)cc1OC. The third-order valence-electron chi connectivity index (χ3n) is 5.58. The molecule has 0 aliphatic rings. The van der Waals surface area contributed by atoms with Gasteiger partial charge < -0.3 is 29.2 Å². The highest BCUT2D eigenvalue weighted by Crippen LogP contribution is 2.30. The Morgan fingerprint density at radius 2 is 1.74 bits per heavy atom. The first-order chi connectivity index (χ1) is 18.5. The van der Waals surface area contributed by atoms with Gasteiger partial charge in [-0.25, -0.2) is 14.2 Å². The maximum absolute atomic E-state index is 13.5. The first-order valence-electron chi connectivity index (χ1n) is 11.5. The molecule has 0 spiro atoms. The second kappa shape index (κ2) is 10.8. The summed E-state index contributed by atoms with van der Waals surface area (Å²) in [5.74, 6) is 1.24. The number of carbonyl (C=O) groups excluding carboxylic acids is 1. The van der Waals surface area contributed by atoms with E-state index in [2.05, 4.69) is 25.8 Å². The summed E-state index contributed by atoms with van der Waals surface area (Å²) >= 11 is 0. The average Bonchev–Trinajstić information content (AvgIpc) is 3.60. The van der Waals surface area contributed by atoms with E-state index < -0.39 is 0 Å². The number of carbonyl (C=O) groups is 1. The van der Waals surface area contributed by atoms with Gasteiger partial charge in [0.15, 0.2) is 11.5 Å². The molecule has 0 unspecified atom stereocenters. The molecule has 10 nitrogen and oxygen atoms in total. The quantitative estimate of drug-likeness (QED) is 0.283. The lowest BCUT2D eigenvalue weighted by Gasteiger charge is -2.11. The Morgan fingerprint density at radius 3 is 2.50 bits per heavy atom. The fraction of sp³-hybridized carbons (Fsp3) is 0.111. The Balaban J connectivity index is 1.18. The van der Waals surface area contributed by atoms with Gasteiger partial charge in [-0.15, -0.1) is 0 Å². The molecule has 11 heteroatoms. The maximum Gasteiger partial charge on any atom is 0.323 e. The van der Waals surface area contributed by atoms with E-state index in [0.717, 1.165) is 5.56 Å². The van der Waals surface area contributed by atoms with Gasteiger partial charge in [0.05, 0.1) is 20.5 Å². The van der Waals surface area contributed by atoms with E-state index in [9.17, 15) is 9.18 Å². The number of hydrogen-bond acceptors (Lipinski definition) is 7. The third kappa shape index (κ3) is 5.62. The number of nitrogens with one attached hydrogen (secondary N) is 2. The molecule has 2 heterocycles. The van der Waals surface area contributed by atoms with Gasteiger partial charge in [-0.3, -0.25) is 0 Å². The summed E-state index contributed by atoms with van der Waals surface area (Å²) in [6, 6.07) is 18.1. The zero-order chi connectivity index (χ0) is 26.5. The second-order valence-electron chi connectivity index (χ2n) is 8.21. The minimum atomic E-state index is -0.388. The molecule has 0 saturated carbocycles. The van der Waals surface area contributed by atoms with Crippen LogP contribution in [0, 0.1) is 5.82 Å². The maximum atomic E-state index is 13.5. The highest BCUT2D eigenvalue weighted by molar-refractivity contribution is 5.99. The molecule has 2 N–H and O–H groups in total. The van der Waals surface area contributed by atoms with Crippen LogP contribution in [0.1, 0.15) is 5.56 Å². The molecule has 0 bridgehead atoms. The summed E-state index contributed by atoms with van der Waals surface area (Å²) in [7, 11) is 3.08. The number of imidazole rings is 1. The summed E-state index contributed by atoms with van der Waals surface area (Å²) < 4.78 is 31.1. The van der Waals surface area contributed by atoms with Crippen LogP contribution in [0.2, 0.25) is 0 Å². The van der Waals surface area contributed by atoms with E-state index in [4.69, 9.17) is 14.0 Å². The summed E-state index contributed by atoms with van der Waals surface area (Å²) in [5.41, 5.74) is 3.22. The van der Waals surface area contributed by atoms with Gasteiger partial charge in [0.1, 0.15) is 11.5 Å². The van der Waals surface area contributed by atoms with E-state index in [-0.39, 0.29) is 23.6 Å². The Morgan fingerprint density at radius 1 is 0.974 bits per heavy atom. The van der Waals surface area contributed by atoms with Crippen molar-refractivity contribution in [3.8, 4) is 34.5 Å². The minimum absolute atomic E-state index is 0.239. The minimum Gasteiger partial charge on any atom is -0.493 e. The van der Waals surface area contributed by atoms with Gasteiger partial charge in [0, 0.05) is 35.7 Å². The summed E-state index contributed by atoms with van der Waals surface area (Å²) in [6.07, 6.45) is 3.44. The van der Waals surface area contributed by atoms with Crippen LogP contribution in [-0.2, 0) is 6.54 Å². The predicted molar refractivity (Wildman–Crippen MR) is 139 cm³/mol. The lowest BCUT2D eigenvalue weighted by molar-refractivity contribution is 0.262. The number of aromatic nitrogens is 4. The van der Waals surface area contributed by atoms with Crippen molar-refractivity contribution in [1.82, 2.24) is 19.7 Å². The standard InChI is InChI=1S/C27H23FN6O4/c1-36-23-11-10-21(13-24(23)37-2)31-27(35)30-20-8-6-17(7-9-20)14-34-15-22(29-16-34)26-32-25(33-38-26)18-4-3-5-19(28)12-18/h3-13,15-16H,14H2,1-2H3,(H2,30,31,35). The number of rotatable bonds is 8. The fourth-order valence-electron chi connectivity index (χ4n) is 3.74. The Bertz CT molecular complexity index is 1560. The Labute approximate surface area is 217 Å². The number of halogens is 1. The van der Waals surface area contributed by atoms with Gasteiger partial charge >= 0.3 is 6.03 Å². The monoisotopic (exact) mass is 514 g/mol. The molecule has 38 heavy (non-hydrogen) atoms. The third-order valence-corrected chi connectivity index (χ3v) is 5.58. The van der Waals surface area contributed by atoms with E-state index >= 15 is 0 Å². The highest BCUT2D eigenvalue weighted by atomic mass is 19.1. The second-order valence-corrected chi connectivity index (χ2v) is 8.21. The van der Waals surface area contributed by atoms with Gasteiger partial charge in [-0.2, -0.15) is 4.98 Å².